The Labute approximate surface area is 73.6 Å². The summed E-state index contributed by atoms with van der Waals surface area (Å²) in [6.45, 7) is 0.704. The van der Waals surface area contributed by atoms with Crippen LogP contribution in [0.4, 0.5) is 0 Å². The first kappa shape index (κ1) is 16.2. The van der Waals surface area contributed by atoms with Crippen LogP contribution < -0.4 is 5.73 Å². The monoisotopic (exact) mass is 190 g/mol. The van der Waals surface area contributed by atoms with Crippen LogP contribution in [0.3, 0.4) is 0 Å². The third-order valence-corrected chi connectivity index (χ3v) is 0.601. The minimum Gasteiger partial charge on any atom is -0.392 e. The summed E-state index contributed by atoms with van der Waals surface area (Å²) in [6, 6.07) is 0. The minimum absolute atomic E-state index is 0. The Hall–Kier alpha value is 0.430. The van der Waals surface area contributed by atoms with Crippen molar-refractivity contribution >= 4 is 42.0 Å². The van der Waals surface area contributed by atoms with E-state index < -0.39 is 0 Å². The summed E-state index contributed by atoms with van der Waals surface area (Å²) in [7, 11) is 3.86. The molecule has 0 saturated carbocycles. The topological polar surface area (TPSA) is 29.3 Å². The van der Waals surface area contributed by atoms with Gasteiger partial charge in [-0.3, -0.25) is 0 Å². The summed E-state index contributed by atoms with van der Waals surface area (Å²) in [5.41, 5.74) is 5.18. The molecule has 58 valence electrons. The fourth-order valence-corrected chi connectivity index (χ4v) is 0.570. The van der Waals surface area contributed by atoms with Crippen LogP contribution in [-0.4, -0.2) is 30.5 Å². The summed E-state index contributed by atoms with van der Waals surface area (Å²) in [4.78, 5) is 2.48. The second kappa shape index (κ2) is 8.43. The molecule has 0 bridgehead atoms. The van der Waals surface area contributed by atoms with Gasteiger partial charge in [0, 0.05) is 6.54 Å². The lowest BCUT2D eigenvalue weighted by molar-refractivity contribution is 0.471. The Bertz CT molecular complexity index is 77.0. The highest BCUT2D eigenvalue weighted by Gasteiger charge is 1.87. The number of nitrogens with zero attached hydrogens (tertiary/aromatic N) is 1. The van der Waals surface area contributed by atoms with Crippen LogP contribution in [0, 0.1) is 0 Å². The Morgan fingerprint density at radius 2 is 1.78 bits per heavy atom. The molecule has 0 aliphatic carbocycles. The minimum atomic E-state index is 0. The highest BCUT2D eigenvalue weighted by Crippen LogP contribution is 1.71. The SMILES string of the molecule is CN(C)CC(N)=S.Cl.Cl. The molecule has 0 rings (SSSR count). The van der Waals surface area contributed by atoms with Crippen molar-refractivity contribution in [3.8, 4) is 0 Å². The van der Waals surface area contributed by atoms with Gasteiger partial charge in [-0.15, -0.1) is 24.8 Å². The molecule has 0 aliphatic rings. The summed E-state index contributed by atoms with van der Waals surface area (Å²) in [5, 5.41) is 0. The molecule has 2 N–H and O–H groups in total. The normalized spacial score (nSPS) is 7.44. The Balaban J connectivity index is -0.000000180. The Morgan fingerprint density at radius 3 is 1.78 bits per heavy atom. The molecule has 0 aromatic rings. The highest BCUT2D eigenvalue weighted by atomic mass is 35.5. The molecule has 0 heterocycles. The molecular formula is C4H12Cl2N2S. The number of likely N-dealkylation sites (N-methyl/N-ethyl adjacent to an activating group) is 1. The summed E-state index contributed by atoms with van der Waals surface area (Å²) >= 11 is 4.61. The smallest absolute Gasteiger partial charge is 0.0869 e. The van der Waals surface area contributed by atoms with Gasteiger partial charge in [0.1, 0.15) is 0 Å². The summed E-state index contributed by atoms with van der Waals surface area (Å²) in [5.74, 6) is 0. The molecule has 0 aromatic heterocycles. The highest BCUT2D eigenvalue weighted by molar-refractivity contribution is 7.80. The van der Waals surface area contributed by atoms with Gasteiger partial charge < -0.3 is 10.6 Å². The van der Waals surface area contributed by atoms with Crippen molar-refractivity contribution in [3.05, 3.63) is 0 Å². The van der Waals surface area contributed by atoms with Crippen LogP contribution in [-0.2, 0) is 0 Å². The second-order valence-corrected chi connectivity index (χ2v) is 2.23. The molecule has 0 amide bonds. The van der Waals surface area contributed by atoms with Crippen LogP contribution in [0.25, 0.3) is 0 Å². The molecule has 2 nitrogen and oxygen atoms in total. The maximum atomic E-state index is 5.18. The first-order valence-corrected chi connectivity index (χ1v) is 2.47. The van der Waals surface area contributed by atoms with Gasteiger partial charge in [-0.05, 0) is 14.1 Å². The number of thiocarbonyl (C=S) groups is 1. The summed E-state index contributed by atoms with van der Waals surface area (Å²) < 4.78 is 0. The van der Waals surface area contributed by atoms with Gasteiger partial charge >= 0.3 is 0 Å². The lowest BCUT2D eigenvalue weighted by Gasteiger charge is -2.05. The van der Waals surface area contributed by atoms with E-state index in [0.29, 0.717) is 11.5 Å². The van der Waals surface area contributed by atoms with E-state index >= 15 is 0 Å². The number of hydrogen-bond donors (Lipinski definition) is 1. The number of hydrogen-bond acceptors (Lipinski definition) is 2. The van der Waals surface area contributed by atoms with E-state index in [1.165, 1.54) is 0 Å². The van der Waals surface area contributed by atoms with Crippen LogP contribution in [0.5, 0.6) is 0 Å². The molecule has 0 radical (unpaired) electrons. The zero-order valence-electron chi connectivity index (χ0n) is 5.46. The lowest BCUT2D eigenvalue weighted by atomic mass is 10.6. The average Bonchev–Trinajstić information content (AvgIpc) is 1.27. The van der Waals surface area contributed by atoms with Gasteiger partial charge in [0.25, 0.3) is 0 Å². The van der Waals surface area contributed by atoms with E-state index in [0.717, 1.165) is 0 Å². The summed E-state index contributed by atoms with van der Waals surface area (Å²) in [6.07, 6.45) is 0. The molecule has 0 saturated heterocycles. The molecule has 0 fully saturated rings. The third-order valence-electron chi connectivity index (χ3n) is 0.472. The zero-order chi connectivity index (χ0) is 5.86. The van der Waals surface area contributed by atoms with Crippen molar-refractivity contribution in [1.82, 2.24) is 4.90 Å². The molecule has 0 atom stereocenters. The standard InChI is InChI=1S/C4H10N2S.2ClH/c1-6(2)3-4(5)7;;/h3H2,1-2H3,(H2,5,7);2*1H. The molecule has 9 heavy (non-hydrogen) atoms. The molecular weight excluding hydrogens is 179 g/mol. The predicted octanol–water partition coefficient (Wildman–Crippen LogP) is 0.678. The van der Waals surface area contributed by atoms with E-state index in [-0.39, 0.29) is 24.8 Å². The van der Waals surface area contributed by atoms with Crippen molar-refractivity contribution in [2.45, 2.75) is 0 Å². The van der Waals surface area contributed by atoms with Gasteiger partial charge in [0.05, 0.1) is 4.99 Å². The quantitative estimate of drug-likeness (QED) is 0.651. The molecule has 0 unspecified atom stereocenters. The van der Waals surface area contributed by atoms with Crippen molar-refractivity contribution in [3.63, 3.8) is 0 Å². The average molecular weight is 191 g/mol. The van der Waals surface area contributed by atoms with Crippen molar-refractivity contribution in [2.75, 3.05) is 20.6 Å². The molecule has 0 aliphatic heterocycles. The second-order valence-electron chi connectivity index (χ2n) is 1.70. The van der Waals surface area contributed by atoms with E-state index in [1.54, 1.807) is 0 Å². The number of rotatable bonds is 2. The van der Waals surface area contributed by atoms with Crippen LogP contribution >= 0.6 is 37.0 Å². The Morgan fingerprint density at radius 1 is 1.44 bits per heavy atom. The van der Waals surface area contributed by atoms with Gasteiger partial charge in [-0.2, -0.15) is 0 Å². The largest absolute Gasteiger partial charge is 0.392 e. The van der Waals surface area contributed by atoms with Crippen LogP contribution in [0.1, 0.15) is 0 Å². The van der Waals surface area contributed by atoms with Crippen LogP contribution in [0.2, 0.25) is 0 Å². The maximum Gasteiger partial charge on any atom is 0.0869 e. The third kappa shape index (κ3) is 17.8. The predicted molar refractivity (Wildman–Crippen MR) is 49.8 cm³/mol. The molecule has 0 aromatic carbocycles. The van der Waals surface area contributed by atoms with Gasteiger partial charge in [0.15, 0.2) is 0 Å². The van der Waals surface area contributed by atoms with Gasteiger partial charge in [-0.25, -0.2) is 0 Å². The van der Waals surface area contributed by atoms with Crippen molar-refractivity contribution in [1.29, 1.82) is 0 Å². The molecule has 0 spiro atoms. The lowest BCUT2D eigenvalue weighted by Crippen LogP contribution is -2.25. The maximum absolute atomic E-state index is 5.18. The first-order valence-electron chi connectivity index (χ1n) is 2.06. The van der Waals surface area contributed by atoms with E-state index in [9.17, 15) is 0 Å². The van der Waals surface area contributed by atoms with Crippen molar-refractivity contribution in [2.24, 2.45) is 5.73 Å². The fourth-order valence-electron chi connectivity index (χ4n) is 0.312. The van der Waals surface area contributed by atoms with E-state index in [1.807, 2.05) is 19.0 Å². The van der Waals surface area contributed by atoms with Crippen LogP contribution in [0.15, 0.2) is 0 Å². The fraction of sp³-hybridized carbons (Fsp3) is 0.750. The Kier molecular flexibility index (Phi) is 15.2. The first-order chi connectivity index (χ1) is 3.13. The van der Waals surface area contributed by atoms with E-state index in [2.05, 4.69) is 12.2 Å². The van der Waals surface area contributed by atoms with E-state index in [4.69, 9.17) is 5.73 Å². The number of nitrogens with two attached hydrogens (primary N) is 1. The number of halogens is 2. The zero-order valence-corrected chi connectivity index (χ0v) is 7.91. The molecule has 5 heteroatoms. The van der Waals surface area contributed by atoms with Gasteiger partial charge in [0.2, 0.25) is 0 Å². The van der Waals surface area contributed by atoms with Crippen molar-refractivity contribution < 1.29 is 0 Å². The van der Waals surface area contributed by atoms with Gasteiger partial charge in [-0.1, -0.05) is 12.2 Å².